The molecule has 1 aromatic heterocycles. The molecular weight excluding hydrogens is 288 g/mol. The van der Waals surface area contributed by atoms with Gasteiger partial charge in [-0.05, 0) is 36.4 Å². The first-order valence-electron chi connectivity index (χ1n) is 6.41. The minimum atomic E-state index is -0.498. The number of halogens is 1. The molecule has 2 aromatic carbocycles. The lowest BCUT2D eigenvalue weighted by atomic mass is 10.1. The lowest BCUT2D eigenvalue weighted by molar-refractivity contribution is 0.1000. The first-order valence-corrected chi connectivity index (χ1v) is 6.79. The molecule has 0 radical (unpaired) electrons. The van der Waals surface area contributed by atoms with E-state index in [4.69, 9.17) is 22.1 Å². The highest BCUT2D eigenvalue weighted by molar-refractivity contribution is 6.31. The van der Waals surface area contributed by atoms with Crippen molar-refractivity contribution in [3.05, 3.63) is 64.8 Å². The van der Waals surface area contributed by atoms with E-state index in [1.54, 1.807) is 18.2 Å². The number of hydrogen-bond donors (Lipinski definition) is 2. The second-order valence-corrected chi connectivity index (χ2v) is 5.09. The molecule has 1 heterocycles. The van der Waals surface area contributed by atoms with Gasteiger partial charge in [0.1, 0.15) is 12.4 Å². The second kappa shape index (κ2) is 5.50. The van der Waals surface area contributed by atoms with Crippen LogP contribution in [0.4, 0.5) is 0 Å². The normalized spacial score (nSPS) is 10.7. The molecule has 0 aliphatic heterocycles. The van der Waals surface area contributed by atoms with Crippen LogP contribution in [0.2, 0.25) is 5.02 Å². The summed E-state index contributed by atoms with van der Waals surface area (Å²) < 4.78 is 5.74. The van der Waals surface area contributed by atoms with Gasteiger partial charge in [0.05, 0.1) is 0 Å². The summed E-state index contributed by atoms with van der Waals surface area (Å²) in [5.41, 5.74) is 7.46. The Morgan fingerprint density at radius 1 is 1.19 bits per heavy atom. The number of carbonyl (C=O) groups excluding carboxylic acids is 1. The summed E-state index contributed by atoms with van der Waals surface area (Å²) in [5.74, 6) is 0.263. The summed E-state index contributed by atoms with van der Waals surface area (Å²) in [6, 6.07) is 12.7. The average molecular weight is 301 g/mol. The Morgan fingerprint density at radius 2 is 2.05 bits per heavy atom. The van der Waals surface area contributed by atoms with Crippen molar-refractivity contribution in [2.45, 2.75) is 6.61 Å². The van der Waals surface area contributed by atoms with E-state index in [1.807, 2.05) is 30.5 Å². The van der Waals surface area contributed by atoms with E-state index in [0.717, 1.165) is 22.2 Å². The summed E-state index contributed by atoms with van der Waals surface area (Å²) in [6.07, 6.45) is 1.88. The first kappa shape index (κ1) is 13.5. The maximum absolute atomic E-state index is 11.1. The molecule has 106 valence electrons. The van der Waals surface area contributed by atoms with Gasteiger partial charge in [-0.1, -0.05) is 17.7 Å². The molecule has 5 heteroatoms. The van der Waals surface area contributed by atoms with Crippen molar-refractivity contribution in [1.82, 2.24) is 4.98 Å². The third-order valence-electron chi connectivity index (χ3n) is 3.26. The molecule has 1 amide bonds. The van der Waals surface area contributed by atoms with Gasteiger partial charge >= 0.3 is 0 Å². The average Bonchev–Trinajstić information content (AvgIpc) is 2.93. The Balaban J connectivity index is 1.76. The van der Waals surface area contributed by atoms with Gasteiger partial charge in [-0.3, -0.25) is 4.79 Å². The fourth-order valence-electron chi connectivity index (χ4n) is 2.10. The molecule has 3 aromatic rings. The van der Waals surface area contributed by atoms with Crippen LogP contribution in [-0.4, -0.2) is 10.9 Å². The Morgan fingerprint density at radius 3 is 2.81 bits per heavy atom. The van der Waals surface area contributed by atoms with Crippen molar-refractivity contribution in [1.29, 1.82) is 0 Å². The van der Waals surface area contributed by atoms with Crippen LogP contribution in [0.5, 0.6) is 5.75 Å². The number of rotatable bonds is 4. The number of amides is 1. The number of hydrogen-bond acceptors (Lipinski definition) is 2. The van der Waals surface area contributed by atoms with Crippen molar-refractivity contribution in [2.24, 2.45) is 5.73 Å². The van der Waals surface area contributed by atoms with Gasteiger partial charge in [-0.25, -0.2) is 0 Å². The highest BCUT2D eigenvalue weighted by atomic mass is 35.5. The Labute approximate surface area is 126 Å². The first-order chi connectivity index (χ1) is 10.1. The van der Waals surface area contributed by atoms with Crippen molar-refractivity contribution in [2.75, 3.05) is 0 Å². The van der Waals surface area contributed by atoms with Crippen LogP contribution in [0.3, 0.4) is 0 Å². The fraction of sp³-hybridized carbons (Fsp3) is 0.0625. The number of nitrogens with one attached hydrogen (secondary N) is 1. The molecule has 0 bridgehead atoms. The number of fused-ring (bicyclic) bond motifs is 1. The molecule has 0 aliphatic carbocycles. The third kappa shape index (κ3) is 2.85. The van der Waals surface area contributed by atoms with Crippen molar-refractivity contribution in [3.63, 3.8) is 0 Å². The van der Waals surface area contributed by atoms with Crippen LogP contribution >= 0.6 is 11.6 Å². The summed E-state index contributed by atoms with van der Waals surface area (Å²) >= 11 is 6.12. The monoisotopic (exact) mass is 300 g/mol. The minimum Gasteiger partial charge on any atom is -0.489 e. The van der Waals surface area contributed by atoms with Crippen LogP contribution in [0.25, 0.3) is 10.9 Å². The SMILES string of the molecule is NC(=O)c1ccc(COc2ccc3[nH]ccc3c2)c(Cl)c1. The fourth-order valence-corrected chi connectivity index (χ4v) is 2.33. The van der Waals surface area contributed by atoms with E-state index in [9.17, 15) is 4.79 Å². The highest BCUT2D eigenvalue weighted by Gasteiger charge is 2.07. The minimum absolute atomic E-state index is 0.327. The lowest BCUT2D eigenvalue weighted by Gasteiger charge is -2.09. The number of carbonyl (C=O) groups is 1. The van der Waals surface area contributed by atoms with Crippen molar-refractivity contribution in [3.8, 4) is 5.75 Å². The number of nitrogens with two attached hydrogens (primary N) is 1. The molecule has 0 aliphatic rings. The maximum Gasteiger partial charge on any atom is 0.248 e. The van der Waals surface area contributed by atoms with Crippen LogP contribution in [-0.2, 0) is 6.61 Å². The zero-order valence-corrected chi connectivity index (χ0v) is 11.9. The topological polar surface area (TPSA) is 68.1 Å². The lowest BCUT2D eigenvalue weighted by Crippen LogP contribution is -2.11. The smallest absolute Gasteiger partial charge is 0.248 e. The van der Waals surface area contributed by atoms with Gasteiger partial charge in [0.15, 0.2) is 0 Å². The molecule has 3 rings (SSSR count). The van der Waals surface area contributed by atoms with Gasteiger partial charge < -0.3 is 15.5 Å². The van der Waals surface area contributed by atoms with Gasteiger partial charge in [0.25, 0.3) is 0 Å². The van der Waals surface area contributed by atoms with Gasteiger partial charge in [-0.15, -0.1) is 0 Å². The van der Waals surface area contributed by atoms with Crippen LogP contribution < -0.4 is 10.5 Å². The predicted molar refractivity (Wildman–Crippen MR) is 82.6 cm³/mol. The van der Waals surface area contributed by atoms with Gasteiger partial charge in [0, 0.05) is 33.2 Å². The van der Waals surface area contributed by atoms with Gasteiger partial charge in [-0.2, -0.15) is 0 Å². The Bertz CT molecular complexity index is 811. The molecular formula is C16H13ClN2O2. The summed E-state index contributed by atoms with van der Waals surface area (Å²) in [7, 11) is 0. The molecule has 21 heavy (non-hydrogen) atoms. The number of H-pyrrole nitrogens is 1. The predicted octanol–water partition coefficient (Wildman–Crippen LogP) is 3.50. The van der Waals surface area contributed by atoms with E-state index >= 15 is 0 Å². The summed E-state index contributed by atoms with van der Waals surface area (Å²) in [5, 5.41) is 1.55. The molecule has 0 unspecified atom stereocenters. The van der Waals surface area contributed by atoms with Crippen molar-refractivity contribution < 1.29 is 9.53 Å². The quantitative estimate of drug-likeness (QED) is 0.774. The Kier molecular flexibility index (Phi) is 3.54. The molecule has 0 atom stereocenters. The third-order valence-corrected chi connectivity index (χ3v) is 3.61. The standard InChI is InChI=1S/C16H13ClN2O2/c17-14-8-11(16(18)20)1-2-12(14)9-21-13-3-4-15-10(7-13)5-6-19-15/h1-8,19H,9H2,(H2,18,20). The number of primary amides is 1. The Hall–Kier alpha value is -2.46. The molecule has 0 spiro atoms. The highest BCUT2D eigenvalue weighted by Crippen LogP contribution is 2.23. The summed E-state index contributed by atoms with van der Waals surface area (Å²) in [4.78, 5) is 14.2. The van der Waals surface area contributed by atoms with Crippen LogP contribution in [0.1, 0.15) is 15.9 Å². The largest absolute Gasteiger partial charge is 0.489 e. The molecule has 4 nitrogen and oxygen atoms in total. The van der Waals surface area contributed by atoms with E-state index in [2.05, 4.69) is 4.98 Å². The zero-order valence-electron chi connectivity index (χ0n) is 11.1. The number of aromatic amines is 1. The molecule has 0 saturated heterocycles. The molecule has 0 saturated carbocycles. The summed E-state index contributed by atoms with van der Waals surface area (Å²) in [6.45, 7) is 0.327. The van der Waals surface area contributed by atoms with Crippen LogP contribution in [0.15, 0.2) is 48.7 Å². The van der Waals surface area contributed by atoms with Gasteiger partial charge in [0.2, 0.25) is 5.91 Å². The second-order valence-electron chi connectivity index (χ2n) is 4.69. The number of ether oxygens (including phenoxy) is 1. The zero-order chi connectivity index (χ0) is 14.8. The van der Waals surface area contributed by atoms with E-state index < -0.39 is 5.91 Å². The van der Waals surface area contributed by atoms with Crippen LogP contribution in [0, 0.1) is 0 Å². The molecule has 0 fully saturated rings. The number of benzene rings is 2. The van der Waals surface area contributed by atoms with E-state index in [0.29, 0.717) is 17.2 Å². The number of aromatic nitrogens is 1. The van der Waals surface area contributed by atoms with E-state index in [-0.39, 0.29) is 0 Å². The van der Waals surface area contributed by atoms with E-state index in [1.165, 1.54) is 0 Å². The molecule has 3 N–H and O–H groups in total. The van der Waals surface area contributed by atoms with Crippen molar-refractivity contribution >= 4 is 28.4 Å². The maximum atomic E-state index is 11.1.